The topological polar surface area (TPSA) is 108 Å². The van der Waals surface area contributed by atoms with Gasteiger partial charge in [0.2, 0.25) is 5.82 Å². The van der Waals surface area contributed by atoms with Crippen LogP contribution in [-0.2, 0) is 17.5 Å². The van der Waals surface area contributed by atoms with Gasteiger partial charge in [-0.2, -0.15) is 4.98 Å². The molecule has 3 rings (SSSR count). The fourth-order valence-corrected chi connectivity index (χ4v) is 5.13. The highest BCUT2D eigenvalue weighted by Crippen LogP contribution is 2.37. The van der Waals surface area contributed by atoms with E-state index in [-0.39, 0.29) is 6.16 Å². The third-order valence-electron chi connectivity index (χ3n) is 5.05. The molecule has 0 bridgehead atoms. The first-order valence-electron chi connectivity index (χ1n) is 10.4. The SMILES string of the molecule is Cc1sc(-c2nc(-c3ccc(CNCCCP(=O)(O)O)cc3)no2)c(C)c1CC(C)C. The first kappa shape index (κ1) is 23.8. The number of aryl methyl sites for hydroxylation is 1. The number of benzene rings is 1. The zero-order valence-corrected chi connectivity index (χ0v) is 20.1. The van der Waals surface area contributed by atoms with E-state index in [0.29, 0.717) is 37.1 Å². The Hall–Kier alpha value is -1.83. The van der Waals surface area contributed by atoms with Crippen LogP contribution in [0.15, 0.2) is 28.8 Å². The van der Waals surface area contributed by atoms with Crippen molar-refractivity contribution in [1.82, 2.24) is 15.5 Å². The summed E-state index contributed by atoms with van der Waals surface area (Å²) in [6.07, 6.45) is 1.39. The van der Waals surface area contributed by atoms with Crippen LogP contribution in [0.1, 0.15) is 41.8 Å². The number of thiophene rings is 1. The Morgan fingerprint density at radius 2 is 1.90 bits per heavy atom. The molecule has 0 radical (unpaired) electrons. The minimum Gasteiger partial charge on any atom is -0.333 e. The number of nitrogens with one attached hydrogen (secondary N) is 1. The summed E-state index contributed by atoms with van der Waals surface area (Å²) in [7, 11) is -3.91. The van der Waals surface area contributed by atoms with Crippen molar-refractivity contribution >= 4 is 18.9 Å². The second kappa shape index (κ2) is 10.2. The zero-order chi connectivity index (χ0) is 22.6. The summed E-state index contributed by atoms with van der Waals surface area (Å²) in [5.74, 6) is 1.72. The molecule has 0 amide bonds. The fraction of sp³-hybridized carbons (Fsp3) is 0.455. The highest BCUT2D eigenvalue weighted by atomic mass is 32.1. The summed E-state index contributed by atoms with van der Waals surface area (Å²) in [5.41, 5.74) is 4.57. The fourth-order valence-electron chi connectivity index (χ4n) is 3.45. The van der Waals surface area contributed by atoms with Gasteiger partial charge in [-0.15, -0.1) is 11.3 Å². The Bertz CT molecular complexity index is 1050. The van der Waals surface area contributed by atoms with Crippen molar-refractivity contribution < 1.29 is 18.9 Å². The average molecular weight is 464 g/mol. The molecule has 0 aliphatic carbocycles. The van der Waals surface area contributed by atoms with Gasteiger partial charge in [-0.3, -0.25) is 4.57 Å². The molecule has 9 heteroatoms. The lowest BCUT2D eigenvalue weighted by atomic mass is 9.99. The van der Waals surface area contributed by atoms with Gasteiger partial charge in [0.05, 0.1) is 11.0 Å². The van der Waals surface area contributed by atoms with E-state index in [9.17, 15) is 4.57 Å². The molecule has 3 aromatic rings. The third-order valence-corrected chi connectivity index (χ3v) is 7.19. The molecular formula is C22H30N3O4PS. The number of aromatic nitrogens is 2. The van der Waals surface area contributed by atoms with Crippen molar-refractivity contribution in [2.75, 3.05) is 12.7 Å². The maximum atomic E-state index is 10.9. The molecule has 0 fully saturated rings. The molecule has 3 N–H and O–H groups in total. The van der Waals surface area contributed by atoms with Crippen LogP contribution in [-0.4, -0.2) is 32.6 Å². The molecule has 2 aromatic heterocycles. The van der Waals surface area contributed by atoms with Gasteiger partial charge in [0.25, 0.3) is 5.89 Å². The van der Waals surface area contributed by atoms with Gasteiger partial charge in [0, 0.05) is 17.0 Å². The van der Waals surface area contributed by atoms with Crippen molar-refractivity contribution in [3.8, 4) is 22.2 Å². The van der Waals surface area contributed by atoms with E-state index in [1.165, 1.54) is 16.0 Å². The zero-order valence-electron chi connectivity index (χ0n) is 18.4. The van der Waals surface area contributed by atoms with Crippen molar-refractivity contribution in [2.45, 2.75) is 47.1 Å². The first-order chi connectivity index (χ1) is 14.6. The monoisotopic (exact) mass is 463 g/mol. The van der Waals surface area contributed by atoms with E-state index in [1.54, 1.807) is 11.3 Å². The van der Waals surface area contributed by atoms with E-state index < -0.39 is 7.60 Å². The van der Waals surface area contributed by atoms with Gasteiger partial charge in [0.15, 0.2) is 0 Å². The molecule has 2 heterocycles. The predicted molar refractivity (Wildman–Crippen MR) is 124 cm³/mol. The average Bonchev–Trinajstić information content (AvgIpc) is 3.28. The molecule has 0 saturated carbocycles. The number of nitrogens with zero attached hydrogens (tertiary/aromatic N) is 2. The van der Waals surface area contributed by atoms with Gasteiger partial charge in [-0.1, -0.05) is 43.3 Å². The lowest BCUT2D eigenvalue weighted by molar-refractivity contribution is 0.371. The smallest absolute Gasteiger partial charge is 0.325 e. The van der Waals surface area contributed by atoms with Crippen LogP contribution >= 0.6 is 18.9 Å². The standard InChI is InChI=1S/C22H30N3O4PS/c1-14(2)12-19-15(3)20(31-16(19)4)22-24-21(25-29-22)18-8-6-17(7-9-18)13-23-10-5-11-30(26,27)28/h6-9,14,23H,5,10-13H2,1-4H3,(H2,26,27,28). The molecule has 0 atom stereocenters. The molecule has 0 aliphatic rings. The maximum Gasteiger partial charge on any atom is 0.325 e. The van der Waals surface area contributed by atoms with Crippen LogP contribution in [0.25, 0.3) is 22.2 Å². The number of hydrogen-bond donors (Lipinski definition) is 3. The van der Waals surface area contributed by atoms with E-state index >= 15 is 0 Å². The quantitative estimate of drug-likeness (QED) is 0.289. The third kappa shape index (κ3) is 6.57. The molecule has 0 unspecified atom stereocenters. The summed E-state index contributed by atoms with van der Waals surface area (Å²) in [6.45, 7) is 9.91. The van der Waals surface area contributed by atoms with Crippen molar-refractivity contribution in [2.24, 2.45) is 5.92 Å². The van der Waals surface area contributed by atoms with Crippen LogP contribution in [0, 0.1) is 19.8 Å². The molecule has 7 nitrogen and oxygen atoms in total. The van der Waals surface area contributed by atoms with Crippen LogP contribution in [0.4, 0.5) is 0 Å². The van der Waals surface area contributed by atoms with Crippen molar-refractivity contribution in [3.05, 3.63) is 45.8 Å². The van der Waals surface area contributed by atoms with Crippen molar-refractivity contribution in [1.29, 1.82) is 0 Å². The lowest BCUT2D eigenvalue weighted by Crippen LogP contribution is -2.15. The lowest BCUT2D eigenvalue weighted by Gasteiger charge is -2.06. The summed E-state index contributed by atoms with van der Waals surface area (Å²) in [5, 5.41) is 7.37. The molecule has 168 valence electrons. The molecule has 0 saturated heterocycles. The normalized spacial score (nSPS) is 12.1. The Morgan fingerprint density at radius 1 is 1.19 bits per heavy atom. The largest absolute Gasteiger partial charge is 0.333 e. The van der Waals surface area contributed by atoms with Gasteiger partial charge in [0.1, 0.15) is 0 Å². The molecule has 31 heavy (non-hydrogen) atoms. The van der Waals surface area contributed by atoms with E-state index in [4.69, 9.17) is 14.3 Å². The summed E-state index contributed by atoms with van der Waals surface area (Å²) < 4.78 is 16.4. The number of rotatable bonds is 10. The minimum atomic E-state index is -3.91. The Labute approximate surface area is 187 Å². The highest BCUT2D eigenvalue weighted by molar-refractivity contribution is 7.51. The van der Waals surface area contributed by atoms with Crippen LogP contribution < -0.4 is 5.32 Å². The molecule has 1 aromatic carbocycles. The minimum absolute atomic E-state index is 0.0959. The van der Waals surface area contributed by atoms with Crippen LogP contribution in [0.3, 0.4) is 0 Å². The Balaban J connectivity index is 1.63. The Kier molecular flexibility index (Phi) is 7.83. The van der Waals surface area contributed by atoms with E-state index in [2.05, 4.69) is 43.2 Å². The van der Waals surface area contributed by atoms with E-state index in [1.807, 2.05) is 24.3 Å². The van der Waals surface area contributed by atoms with Gasteiger partial charge >= 0.3 is 7.60 Å². The highest BCUT2D eigenvalue weighted by Gasteiger charge is 2.19. The van der Waals surface area contributed by atoms with Gasteiger partial charge in [-0.05, 0) is 55.8 Å². The summed E-state index contributed by atoms with van der Waals surface area (Å²) in [4.78, 5) is 24.7. The molecule has 0 spiro atoms. The van der Waals surface area contributed by atoms with Gasteiger partial charge < -0.3 is 19.6 Å². The second-order valence-electron chi connectivity index (χ2n) is 8.23. The maximum absolute atomic E-state index is 10.9. The summed E-state index contributed by atoms with van der Waals surface area (Å²) >= 11 is 1.71. The molecule has 0 aliphatic heterocycles. The molecular weight excluding hydrogens is 433 g/mol. The second-order valence-corrected chi connectivity index (χ2v) is 11.2. The predicted octanol–water partition coefficient (Wildman–Crippen LogP) is 4.94. The first-order valence-corrected chi connectivity index (χ1v) is 13.0. The van der Waals surface area contributed by atoms with Crippen LogP contribution in [0.5, 0.6) is 0 Å². The van der Waals surface area contributed by atoms with Crippen LogP contribution in [0.2, 0.25) is 0 Å². The van der Waals surface area contributed by atoms with Gasteiger partial charge in [-0.25, -0.2) is 0 Å². The Morgan fingerprint density at radius 3 is 2.55 bits per heavy atom. The number of hydrogen-bond acceptors (Lipinski definition) is 6. The van der Waals surface area contributed by atoms with E-state index in [0.717, 1.165) is 22.4 Å². The van der Waals surface area contributed by atoms with Crippen molar-refractivity contribution in [3.63, 3.8) is 0 Å². The summed E-state index contributed by atoms with van der Waals surface area (Å²) in [6, 6.07) is 7.89.